The lowest BCUT2D eigenvalue weighted by molar-refractivity contribution is -0.120. The van der Waals surface area contributed by atoms with Crippen LogP contribution in [-0.2, 0) is 11.3 Å². The minimum absolute atomic E-state index is 0.150. The summed E-state index contributed by atoms with van der Waals surface area (Å²) in [6, 6.07) is 26.5. The number of rotatable bonds is 7. The molecule has 0 aliphatic heterocycles. The first kappa shape index (κ1) is 20.7. The Morgan fingerprint density at radius 3 is 2.32 bits per heavy atom. The van der Waals surface area contributed by atoms with Gasteiger partial charge in [-0.3, -0.25) is 25.0 Å². The number of aromatic nitrogens is 2. The molecule has 4 rings (SSSR count). The van der Waals surface area contributed by atoms with Crippen LogP contribution in [0.2, 0.25) is 0 Å². The number of carbonyl (C=O) groups excluding carboxylic acids is 1. The minimum atomic E-state index is -0.474. The number of fused-ring (bicyclic) bond motifs is 1. The van der Waals surface area contributed by atoms with E-state index in [9.17, 15) is 9.59 Å². The van der Waals surface area contributed by atoms with Crippen molar-refractivity contribution < 1.29 is 4.79 Å². The summed E-state index contributed by atoms with van der Waals surface area (Å²) < 4.78 is 1.50. The molecule has 6 nitrogen and oxygen atoms in total. The molecule has 31 heavy (non-hydrogen) atoms. The van der Waals surface area contributed by atoms with Gasteiger partial charge in [-0.05, 0) is 36.8 Å². The molecular weight excluding hydrogens is 408 g/mol. The van der Waals surface area contributed by atoms with E-state index in [-0.39, 0.29) is 11.5 Å². The summed E-state index contributed by atoms with van der Waals surface area (Å²) in [4.78, 5) is 31.5. The number of hydrogen-bond donors (Lipinski definition) is 2. The predicted molar refractivity (Wildman–Crippen MR) is 125 cm³/mol. The van der Waals surface area contributed by atoms with Crippen molar-refractivity contribution in [3.05, 3.63) is 101 Å². The Bertz CT molecular complexity index is 1240. The van der Waals surface area contributed by atoms with Crippen LogP contribution in [0.4, 0.5) is 5.95 Å². The molecule has 0 bridgehead atoms. The number of thioether (sulfide) groups is 1. The molecule has 3 aromatic carbocycles. The molecule has 1 aromatic heterocycles. The van der Waals surface area contributed by atoms with E-state index in [1.165, 1.54) is 16.3 Å². The minimum Gasteiger partial charge on any atom is -0.277 e. The summed E-state index contributed by atoms with van der Waals surface area (Å²) in [6.45, 7) is 2.29. The first-order chi connectivity index (χ1) is 15.2. The molecule has 0 radical (unpaired) electrons. The molecule has 0 aliphatic rings. The Kier molecular flexibility index (Phi) is 6.33. The lowest BCUT2D eigenvalue weighted by atomic mass is 10.1. The summed E-state index contributed by atoms with van der Waals surface area (Å²) in [5, 5.41) is 0.0707. The Morgan fingerprint density at radius 2 is 1.61 bits per heavy atom. The Morgan fingerprint density at radius 1 is 0.968 bits per heavy atom. The van der Waals surface area contributed by atoms with E-state index >= 15 is 0 Å². The number of amides is 1. The number of benzene rings is 3. The zero-order valence-corrected chi connectivity index (χ0v) is 17.8. The number of hydrazine groups is 1. The first-order valence-electron chi connectivity index (χ1n) is 9.99. The third-order valence-corrected chi connectivity index (χ3v) is 6.08. The third-order valence-electron chi connectivity index (χ3n) is 4.81. The van der Waals surface area contributed by atoms with Crippen LogP contribution in [0.25, 0.3) is 10.9 Å². The highest BCUT2D eigenvalue weighted by atomic mass is 32.2. The first-order valence-corrected chi connectivity index (χ1v) is 10.9. The van der Waals surface area contributed by atoms with Crippen molar-refractivity contribution in [3.8, 4) is 0 Å². The number of anilines is 1. The standard InChI is InChI=1S/C24H22N4O2S/c1-2-28-23(30)19-15-9-10-16-20(19)25-24(28)27-26-22(29)21(17-11-5-3-6-12-17)31-18-13-7-4-8-14-18/h3-16,21H,2H2,1H3,(H,25,27)(H,26,29). The van der Waals surface area contributed by atoms with Crippen LogP contribution in [0.3, 0.4) is 0 Å². The second-order valence-corrected chi connectivity index (χ2v) is 8.02. The van der Waals surface area contributed by atoms with Gasteiger partial charge < -0.3 is 0 Å². The third kappa shape index (κ3) is 4.62. The second-order valence-electron chi connectivity index (χ2n) is 6.84. The number of nitrogens with one attached hydrogen (secondary N) is 2. The van der Waals surface area contributed by atoms with E-state index in [1.807, 2.05) is 79.7 Å². The maximum atomic E-state index is 13.2. The van der Waals surface area contributed by atoms with E-state index in [2.05, 4.69) is 15.8 Å². The lowest BCUT2D eigenvalue weighted by Gasteiger charge is -2.19. The molecule has 0 aliphatic carbocycles. The van der Waals surface area contributed by atoms with Crippen molar-refractivity contribution in [3.63, 3.8) is 0 Å². The van der Waals surface area contributed by atoms with Gasteiger partial charge in [-0.25, -0.2) is 4.98 Å². The summed E-state index contributed by atoms with van der Waals surface area (Å²) >= 11 is 1.46. The van der Waals surface area contributed by atoms with Gasteiger partial charge >= 0.3 is 0 Å². The number of nitrogens with zero attached hydrogens (tertiary/aromatic N) is 2. The summed E-state index contributed by atoms with van der Waals surface area (Å²) in [5.74, 6) is 0.0705. The van der Waals surface area contributed by atoms with E-state index in [1.54, 1.807) is 12.1 Å². The van der Waals surface area contributed by atoms with Crippen LogP contribution in [0.15, 0.2) is 94.6 Å². The van der Waals surface area contributed by atoms with Crippen molar-refractivity contribution in [2.45, 2.75) is 23.6 Å². The number of hydrogen-bond acceptors (Lipinski definition) is 5. The zero-order valence-electron chi connectivity index (χ0n) is 17.0. The number of para-hydroxylation sites is 1. The molecule has 0 saturated heterocycles. The summed E-state index contributed by atoms with van der Waals surface area (Å²) in [7, 11) is 0. The van der Waals surface area contributed by atoms with Gasteiger partial charge in [0.05, 0.1) is 10.9 Å². The van der Waals surface area contributed by atoms with Gasteiger partial charge in [-0.2, -0.15) is 0 Å². The maximum Gasteiger partial charge on any atom is 0.262 e. The van der Waals surface area contributed by atoms with Crippen LogP contribution in [-0.4, -0.2) is 15.5 Å². The number of carbonyl (C=O) groups is 1. The monoisotopic (exact) mass is 430 g/mol. The molecule has 1 heterocycles. The molecule has 1 amide bonds. The van der Waals surface area contributed by atoms with Gasteiger partial charge in [0, 0.05) is 11.4 Å². The van der Waals surface area contributed by atoms with Gasteiger partial charge in [0.25, 0.3) is 11.5 Å². The van der Waals surface area contributed by atoms with Crippen molar-refractivity contribution in [2.75, 3.05) is 5.43 Å². The molecular formula is C24H22N4O2S. The van der Waals surface area contributed by atoms with Crippen LogP contribution in [0, 0.1) is 0 Å². The molecule has 0 spiro atoms. The Balaban J connectivity index is 1.60. The van der Waals surface area contributed by atoms with Crippen molar-refractivity contribution in [2.24, 2.45) is 0 Å². The normalized spacial score (nSPS) is 11.8. The molecule has 1 atom stereocenters. The lowest BCUT2D eigenvalue weighted by Crippen LogP contribution is -2.36. The maximum absolute atomic E-state index is 13.2. The van der Waals surface area contributed by atoms with Crippen LogP contribution in [0.5, 0.6) is 0 Å². The predicted octanol–water partition coefficient (Wildman–Crippen LogP) is 4.39. The van der Waals surface area contributed by atoms with Gasteiger partial charge in [0.2, 0.25) is 5.95 Å². The van der Waals surface area contributed by atoms with Crippen molar-refractivity contribution in [1.82, 2.24) is 15.0 Å². The van der Waals surface area contributed by atoms with Gasteiger partial charge in [0.15, 0.2) is 0 Å². The van der Waals surface area contributed by atoms with E-state index < -0.39 is 5.25 Å². The molecule has 4 aromatic rings. The molecule has 1 unspecified atom stereocenters. The Hall–Kier alpha value is -3.58. The second kappa shape index (κ2) is 9.49. The van der Waals surface area contributed by atoms with Gasteiger partial charge in [0.1, 0.15) is 5.25 Å². The fourth-order valence-electron chi connectivity index (χ4n) is 3.28. The van der Waals surface area contributed by atoms with Crippen LogP contribution in [0.1, 0.15) is 17.7 Å². The van der Waals surface area contributed by atoms with Gasteiger partial charge in [-0.1, -0.05) is 60.7 Å². The molecule has 156 valence electrons. The quantitative estimate of drug-likeness (QED) is 0.336. The summed E-state index contributed by atoms with van der Waals surface area (Å²) in [6.07, 6.45) is 0. The highest BCUT2D eigenvalue weighted by Gasteiger charge is 2.22. The fraction of sp³-hybridized carbons (Fsp3) is 0.125. The van der Waals surface area contributed by atoms with Gasteiger partial charge in [-0.15, -0.1) is 11.8 Å². The fourth-order valence-corrected chi connectivity index (χ4v) is 4.32. The molecule has 2 N–H and O–H groups in total. The van der Waals surface area contributed by atoms with Crippen molar-refractivity contribution in [1.29, 1.82) is 0 Å². The molecule has 0 fully saturated rings. The van der Waals surface area contributed by atoms with E-state index in [0.717, 1.165) is 10.5 Å². The molecule has 0 saturated carbocycles. The van der Waals surface area contributed by atoms with Crippen LogP contribution < -0.4 is 16.4 Å². The van der Waals surface area contributed by atoms with Crippen LogP contribution >= 0.6 is 11.8 Å². The zero-order chi connectivity index (χ0) is 21.6. The average molecular weight is 431 g/mol. The van der Waals surface area contributed by atoms with E-state index in [0.29, 0.717) is 23.4 Å². The highest BCUT2D eigenvalue weighted by Crippen LogP contribution is 2.35. The van der Waals surface area contributed by atoms with E-state index in [4.69, 9.17) is 0 Å². The molecule has 7 heteroatoms. The smallest absolute Gasteiger partial charge is 0.262 e. The Labute approximate surface area is 184 Å². The van der Waals surface area contributed by atoms with Crippen molar-refractivity contribution >= 4 is 34.5 Å². The summed E-state index contributed by atoms with van der Waals surface area (Å²) in [5.41, 5.74) is 6.93. The largest absolute Gasteiger partial charge is 0.277 e. The highest BCUT2D eigenvalue weighted by molar-refractivity contribution is 8.00. The topological polar surface area (TPSA) is 76.0 Å². The average Bonchev–Trinajstić information content (AvgIpc) is 2.82. The SMILES string of the molecule is CCn1c(NNC(=O)C(Sc2ccccc2)c2ccccc2)nc2ccccc2c1=O.